The van der Waals surface area contributed by atoms with Crippen molar-refractivity contribution in [3.05, 3.63) is 42.1 Å². The highest BCUT2D eigenvalue weighted by Gasteiger charge is 2.23. The van der Waals surface area contributed by atoms with Gasteiger partial charge in [0.2, 0.25) is 0 Å². The van der Waals surface area contributed by atoms with E-state index in [-0.39, 0.29) is 0 Å². The predicted molar refractivity (Wildman–Crippen MR) is 88.4 cm³/mol. The Morgan fingerprint density at radius 3 is 3.00 bits per heavy atom. The second-order valence-electron chi connectivity index (χ2n) is 5.49. The van der Waals surface area contributed by atoms with Gasteiger partial charge in [0.05, 0.1) is 5.52 Å². The van der Waals surface area contributed by atoms with Crippen LogP contribution >= 0.6 is 11.8 Å². The molecule has 0 bridgehead atoms. The summed E-state index contributed by atoms with van der Waals surface area (Å²) in [5.41, 5.74) is 2.53. The first-order chi connectivity index (χ1) is 9.88. The van der Waals surface area contributed by atoms with Crippen molar-refractivity contribution >= 4 is 22.7 Å². The van der Waals surface area contributed by atoms with Crippen molar-refractivity contribution in [1.82, 2.24) is 10.3 Å². The van der Waals surface area contributed by atoms with Gasteiger partial charge in [-0.3, -0.25) is 4.98 Å². The van der Waals surface area contributed by atoms with E-state index in [4.69, 9.17) is 0 Å². The number of hydrogen-bond donors (Lipinski definition) is 1. The summed E-state index contributed by atoms with van der Waals surface area (Å²) in [4.78, 5) is 4.46. The maximum Gasteiger partial charge on any atom is 0.0704 e. The van der Waals surface area contributed by atoms with Crippen LogP contribution in [0.3, 0.4) is 0 Å². The fourth-order valence-electron chi connectivity index (χ4n) is 3.07. The molecule has 20 heavy (non-hydrogen) atoms. The van der Waals surface area contributed by atoms with Crippen molar-refractivity contribution in [1.29, 1.82) is 0 Å². The second kappa shape index (κ2) is 6.59. The minimum absolute atomic E-state index is 0.561. The third-order valence-corrected chi connectivity index (χ3v) is 5.73. The van der Waals surface area contributed by atoms with Gasteiger partial charge in [-0.1, -0.05) is 24.6 Å². The van der Waals surface area contributed by atoms with Gasteiger partial charge in [0, 0.05) is 22.9 Å². The average molecular weight is 286 g/mol. The molecule has 0 aliphatic carbocycles. The molecule has 2 unspecified atom stereocenters. The van der Waals surface area contributed by atoms with Crippen LogP contribution in [0, 0.1) is 0 Å². The van der Waals surface area contributed by atoms with Gasteiger partial charge in [0.25, 0.3) is 0 Å². The van der Waals surface area contributed by atoms with Crippen molar-refractivity contribution in [3.63, 3.8) is 0 Å². The molecule has 0 saturated carbocycles. The number of fused-ring (bicyclic) bond motifs is 1. The zero-order valence-electron chi connectivity index (χ0n) is 12.0. The summed E-state index contributed by atoms with van der Waals surface area (Å²) >= 11 is 2.14. The molecule has 3 rings (SSSR count). The molecule has 0 spiro atoms. The number of likely N-dealkylation sites (N-methyl/N-ethyl adjacent to an activating group) is 1. The first-order valence-electron chi connectivity index (χ1n) is 7.50. The molecule has 1 aliphatic rings. The zero-order valence-corrected chi connectivity index (χ0v) is 12.8. The first kappa shape index (κ1) is 13.9. The highest BCUT2D eigenvalue weighted by atomic mass is 32.2. The lowest BCUT2D eigenvalue weighted by Gasteiger charge is -2.30. The van der Waals surface area contributed by atoms with Crippen LogP contribution in [-0.2, 0) is 6.42 Å². The van der Waals surface area contributed by atoms with E-state index < -0.39 is 0 Å². The van der Waals surface area contributed by atoms with Crippen LogP contribution in [0.15, 0.2) is 36.5 Å². The molecule has 2 aromatic rings. The number of aromatic nitrogens is 1. The van der Waals surface area contributed by atoms with E-state index in [0.29, 0.717) is 6.04 Å². The fourth-order valence-corrected chi connectivity index (χ4v) is 4.54. The number of benzene rings is 1. The summed E-state index contributed by atoms with van der Waals surface area (Å²) in [6, 6.07) is 11.2. The number of nitrogens with zero attached hydrogens (tertiary/aromatic N) is 1. The number of para-hydroxylation sites is 1. The van der Waals surface area contributed by atoms with Crippen LogP contribution in [0.2, 0.25) is 0 Å². The van der Waals surface area contributed by atoms with Gasteiger partial charge in [0.15, 0.2) is 0 Å². The molecule has 1 N–H and O–H groups in total. The zero-order chi connectivity index (χ0) is 13.8. The van der Waals surface area contributed by atoms with Crippen molar-refractivity contribution < 1.29 is 0 Å². The molecule has 2 heterocycles. The lowest BCUT2D eigenvalue weighted by molar-refractivity contribution is 0.496. The SMILES string of the molecule is CNC(Cc1ccnc2ccccc12)C1CCCCS1. The largest absolute Gasteiger partial charge is 0.316 e. The number of nitrogens with one attached hydrogen (secondary N) is 1. The monoisotopic (exact) mass is 286 g/mol. The van der Waals surface area contributed by atoms with E-state index in [9.17, 15) is 0 Å². The van der Waals surface area contributed by atoms with Crippen molar-refractivity contribution in [3.8, 4) is 0 Å². The van der Waals surface area contributed by atoms with Gasteiger partial charge in [-0.15, -0.1) is 0 Å². The molecule has 0 radical (unpaired) electrons. The molecular formula is C17H22N2S. The van der Waals surface area contributed by atoms with E-state index in [1.54, 1.807) is 0 Å². The molecule has 1 aromatic carbocycles. The Labute approximate surface area is 125 Å². The highest BCUT2D eigenvalue weighted by Crippen LogP contribution is 2.29. The normalized spacial score (nSPS) is 20.9. The van der Waals surface area contributed by atoms with Crippen LogP contribution in [-0.4, -0.2) is 29.1 Å². The third-order valence-electron chi connectivity index (χ3n) is 4.21. The van der Waals surface area contributed by atoms with E-state index in [2.05, 4.69) is 59.4 Å². The van der Waals surface area contributed by atoms with Crippen LogP contribution < -0.4 is 5.32 Å². The van der Waals surface area contributed by atoms with Crippen molar-refractivity contribution in [2.24, 2.45) is 0 Å². The molecule has 2 atom stereocenters. The molecule has 1 saturated heterocycles. The minimum Gasteiger partial charge on any atom is -0.316 e. The second-order valence-corrected chi connectivity index (χ2v) is 6.84. The first-order valence-corrected chi connectivity index (χ1v) is 8.55. The summed E-state index contributed by atoms with van der Waals surface area (Å²) in [5, 5.41) is 5.60. The molecule has 3 heteroatoms. The molecule has 0 amide bonds. The van der Waals surface area contributed by atoms with Gasteiger partial charge in [0.1, 0.15) is 0 Å². The van der Waals surface area contributed by atoms with Gasteiger partial charge in [-0.05, 0) is 49.8 Å². The Morgan fingerprint density at radius 1 is 1.30 bits per heavy atom. The third kappa shape index (κ3) is 2.99. The molecule has 1 aromatic heterocycles. The molecule has 2 nitrogen and oxygen atoms in total. The lowest BCUT2D eigenvalue weighted by atomic mass is 9.97. The molecule has 1 aliphatic heterocycles. The van der Waals surface area contributed by atoms with Gasteiger partial charge in [-0.25, -0.2) is 0 Å². The van der Waals surface area contributed by atoms with Gasteiger partial charge >= 0.3 is 0 Å². The van der Waals surface area contributed by atoms with E-state index in [1.165, 1.54) is 36.0 Å². The number of pyridine rings is 1. The summed E-state index contributed by atoms with van der Waals surface area (Å²) in [7, 11) is 2.10. The summed E-state index contributed by atoms with van der Waals surface area (Å²) < 4.78 is 0. The average Bonchev–Trinajstić information content (AvgIpc) is 2.53. The quantitative estimate of drug-likeness (QED) is 0.928. The summed E-state index contributed by atoms with van der Waals surface area (Å²) in [6.07, 6.45) is 7.15. The Morgan fingerprint density at radius 2 is 2.20 bits per heavy atom. The summed E-state index contributed by atoms with van der Waals surface area (Å²) in [5.74, 6) is 1.32. The number of rotatable bonds is 4. The van der Waals surface area contributed by atoms with Crippen LogP contribution in [0.4, 0.5) is 0 Å². The smallest absolute Gasteiger partial charge is 0.0704 e. The van der Waals surface area contributed by atoms with Gasteiger partial charge in [-0.2, -0.15) is 11.8 Å². The van der Waals surface area contributed by atoms with Gasteiger partial charge < -0.3 is 5.32 Å². The topological polar surface area (TPSA) is 24.9 Å². The maximum absolute atomic E-state index is 4.46. The molecular weight excluding hydrogens is 264 g/mol. The predicted octanol–water partition coefficient (Wildman–Crippen LogP) is 3.65. The standard InChI is InChI=1S/C17H22N2S/c1-18-16(17-8-4-5-11-20-17)12-13-9-10-19-15-7-3-2-6-14(13)15/h2-3,6-7,9-10,16-18H,4-5,8,11-12H2,1H3. The maximum atomic E-state index is 4.46. The fraction of sp³-hybridized carbons (Fsp3) is 0.471. The lowest BCUT2D eigenvalue weighted by Crippen LogP contribution is -2.39. The van der Waals surface area contributed by atoms with Crippen molar-refractivity contribution in [2.75, 3.05) is 12.8 Å². The summed E-state index contributed by atoms with van der Waals surface area (Å²) in [6.45, 7) is 0. The van der Waals surface area contributed by atoms with Crippen LogP contribution in [0.5, 0.6) is 0 Å². The number of thioether (sulfide) groups is 1. The van der Waals surface area contributed by atoms with E-state index in [1.807, 2.05) is 6.20 Å². The minimum atomic E-state index is 0.561. The molecule has 1 fully saturated rings. The Kier molecular flexibility index (Phi) is 4.58. The van der Waals surface area contributed by atoms with E-state index >= 15 is 0 Å². The Balaban J connectivity index is 1.83. The Hall–Kier alpha value is -1.06. The van der Waals surface area contributed by atoms with Crippen molar-refractivity contribution in [2.45, 2.75) is 37.0 Å². The number of hydrogen-bond acceptors (Lipinski definition) is 3. The Bertz CT molecular complexity index is 558. The highest BCUT2D eigenvalue weighted by molar-refractivity contribution is 8.00. The van der Waals surface area contributed by atoms with Crippen LogP contribution in [0.1, 0.15) is 24.8 Å². The van der Waals surface area contributed by atoms with E-state index in [0.717, 1.165) is 17.2 Å². The molecule has 106 valence electrons. The van der Waals surface area contributed by atoms with Crippen LogP contribution in [0.25, 0.3) is 10.9 Å².